The van der Waals surface area contributed by atoms with E-state index >= 15 is 0 Å². The van der Waals surface area contributed by atoms with Crippen LogP contribution < -0.4 is 10.5 Å². The molecule has 0 aliphatic carbocycles. The molecule has 0 spiro atoms. The van der Waals surface area contributed by atoms with E-state index < -0.39 is 0 Å². The number of hydrogen-bond acceptors (Lipinski definition) is 3. The molecule has 0 bridgehead atoms. The minimum absolute atomic E-state index is 0.148. The molecule has 3 N–H and O–H groups in total. The first-order valence-corrected chi connectivity index (χ1v) is 4.02. The second kappa shape index (κ2) is 4.52. The Morgan fingerprint density at radius 2 is 2.31 bits per heavy atom. The molecule has 0 amide bonds. The van der Waals surface area contributed by atoms with Gasteiger partial charge in [0.2, 0.25) is 0 Å². The maximum atomic E-state index is 9.60. The van der Waals surface area contributed by atoms with Crippen molar-refractivity contribution in [2.75, 3.05) is 13.7 Å². The van der Waals surface area contributed by atoms with Crippen molar-refractivity contribution in [1.29, 1.82) is 0 Å². The van der Waals surface area contributed by atoms with Gasteiger partial charge >= 0.3 is 0 Å². The monoisotopic (exact) mass is 179 g/mol. The van der Waals surface area contributed by atoms with Crippen molar-refractivity contribution in [3.63, 3.8) is 0 Å². The van der Waals surface area contributed by atoms with E-state index in [1.165, 1.54) is 7.11 Å². The first-order chi connectivity index (χ1) is 6.29. The van der Waals surface area contributed by atoms with Crippen molar-refractivity contribution in [2.45, 2.75) is 0 Å². The Morgan fingerprint density at radius 3 is 2.92 bits per heavy atom. The number of benzene rings is 1. The molecule has 0 radical (unpaired) electrons. The summed E-state index contributed by atoms with van der Waals surface area (Å²) in [5.41, 5.74) is 6.01. The van der Waals surface area contributed by atoms with Gasteiger partial charge in [-0.05, 0) is 6.07 Å². The van der Waals surface area contributed by atoms with Crippen molar-refractivity contribution < 1.29 is 9.84 Å². The number of aromatic hydroxyl groups is 1. The topological polar surface area (TPSA) is 55.5 Å². The van der Waals surface area contributed by atoms with E-state index in [4.69, 9.17) is 10.5 Å². The molecular formula is C10H13NO2. The molecule has 0 aliphatic heterocycles. The molecule has 13 heavy (non-hydrogen) atoms. The summed E-state index contributed by atoms with van der Waals surface area (Å²) in [5, 5.41) is 9.60. The van der Waals surface area contributed by atoms with Crippen LogP contribution in [-0.4, -0.2) is 18.8 Å². The summed E-state index contributed by atoms with van der Waals surface area (Å²) in [6.45, 7) is 0.455. The summed E-state index contributed by atoms with van der Waals surface area (Å²) < 4.78 is 4.95. The fourth-order valence-electron chi connectivity index (χ4n) is 1.03. The highest BCUT2D eigenvalue weighted by Gasteiger charge is 2.03. The fourth-order valence-corrected chi connectivity index (χ4v) is 1.03. The molecule has 0 saturated heterocycles. The molecule has 0 unspecified atom stereocenters. The van der Waals surface area contributed by atoms with Crippen LogP contribution in [0.1, 0.15) is 5.56 Å². The third kappa shape index (κ3) is 2.23. The lowest BCUT2D eigenvalue weighted by atomic mass is 10.1. The van der Waals surface area contributed by atoms with Crippen LogP contribution in [0.4, 0.5) is 0 Å². The van der Waals surface area contributed by atoms with Gasteiger partial charge in [0.25, 0.3) is 0 Å². The van der Waals surface area contributed by atoms with Gasteiger partial charge in [-0.2, -0.15) is 0 Å². The van der Waals surface area contributed by atoms with Crippen molar-refractivity contribution in [1.82, 2.24) is 0 Å². The normalized spacial score (nSPS) is 10.6. The SMILES string of the molecule is COc1cccc(C=CCN)c1O. The van der Waals surface area contributed by atoms with Crippen LogP contribution >= 0.6 is 0 Å². The molecule has 0 saturated carbocycles. The highest BCUT2D eigenvalue weighted by molar-refractivity contribution is 5.61. The quantitative estimate of drug-likeness (QED) is 0.736. The highest BCUT2D eigenvalue weighted by Crippen LogP contribution is 2.29. The Bertz CT molecular complexity index is 308. The predicted octanol–water partition coefficient (Wildman–Crippen LogP) is 1.37. The van der Waals surface area contributed by atoms with Gasteiger partial charge in [-0.25, -0.2) is 0 Å². The molecule has 0 fully saturated rings. The van der Waals surface area contributed by atoms with Crippen LogP contribution in [0.25, 0.3) is 6.08 Å². The van der Waals surface area contributed by atoms with E-state index in [-0.39, 0.29) is 5.75 Å². The van der Waals surface area contributed by atoms with Gasteiger partial charge in [0.1, 0.15) is 0 Å². The Hall–Kier alpha value is -1.48. The predicted molar refractivity (Wildman–Crippen MR) is 52.7 cm³/mol. The first-order valence-electron chi connectivity index (χ1n) is 4.02. The summed E-state index contributed by atoms with van der Waals surface area (Å²) in [6, 6.07) is 5.31. The number of phenolic OH excluding ortho intramolecular Hbond substituents is 1. The second-order valence-electron chi connectivity index (χ2n) is 2.54. The summed E-state index contributed by atoms with van der Waals surface area (Å²) in [7, 11) is 1.52. The zero-order valence-corrected chi connectivity index (χ0v) is 7.53. The summed E-state index contributed by atoms with van der Waals surface area (Å²) in [5.74, 6) is 0.619. The molecule has 0 aliphatic rings. The number of para-hydroxylation sites is 1. The summed E-state index contributed by atoms with van der Waals surface area (Å²) in [6.07, 6.45) is 3.53. The molecule has 3 heteroatoms. The van der Waals surface area contributed by atoms with Crippen molar-refractivity contribution in [2.24, 2.45) is 5.73 Å². The lowest BCUT2D eigenvalue weighted by Crippen LogP contribution is -1.92. The maximum Gasteiger partial charge on any atom is 0.165 e. The molecule has 0 aromatic heterocycles. The van der Waals surface area contributed by atoms with Crippen LogP contribution in [0.15, 0.2) is 24.3 Å². The van der Waals surface area contributed by atoms with Gasteiger partial charge in [-0.15, -0.1) is 0 Å². The lowest BCUT2D eigenvalue weighted by molar-refractivity contribution is 0.373. The van der Waals surface area contributed by atoms with Gasteiger partial charge in [-0.3, -0.25) is 0 Å². The van der Waals surface area contributed by atoms with E-state index in [0.29, 0.717) is 17.9 Å². The first kappa shape index (κ1) is 9.61. The van der Waals surface area contributed by atoms with E-state index in [9.17, 15) is 5.11 Å². The lowest BCUT2D eigenvalue weighted by Gasteiger charge is -2.04. The third-order valence-electron chi connectivity index (χ3n) is 1.68. The number of hydrogen-bond donors (Lipinski definition) is 2. The molecular weight excluding hydrogens is 166 g/mol. The van der Waals surface area contributed by atoms with Crippen LogP contribution in [0.5, 0.6) is 11.5 Å². The zero-order valence-electron chi connectivity index (χ0n) is 7.53. The third-order valence-corrected chi connectivity index (χ3v) is 1.68. The Kier molecular flexibility index (Phi) is 3.34. The van der Waals surface area contributed by atoms with Crippen molar-refractivity contribution in [3.8, 4) is 11.5 Å². The molecule has 70 valence electrons. The summed E-state index contributed by atoms with van der Waals surface area (Å²) in [4.78, 5) is 0. The molecule has 1 aromatic carbocycles. The van der Waals surface area contributed by atoms with Crippen molar-refractivity contribution >= 4 is 6.08 Å². The van der Waals surface area contributed by atoms with Gasteiger partial charge in [0.15, 0.2) is 11.5 Å². The highest BCUT2D eigenvalue weighted by atomic mass is 16.5. The van der Waals surface area contributed by atoms with Gasteiger partial charge in [-0.1, -0.05) is 24.3 Å². The zero-order chi connectivity index (χ0) is 9.68. The van der Waals surface area contributed by atoms with Gasteiger partial charge in [0.05, 0.1) is 7.11 Å². The minimum atomic E-state index is 0.148. The van der Waals surface area contributed by atoms with E-state index in [1.807, 2.05) is 6.07 Å². The van der Waals surface area contributed by atoms with Crippen LogP contribution in [0.3, 0.4) is 0 Å². The maximum absolute atomic E-state index is 9.60. The fraction of sp³-hybridized carbons (Fsp3) is 0.200. The standard InChI is InChI=1S/C10H13NO2/c1-13-9-6-2-4-8(10(9)12)5-3-7-11/h2-6,12H,7,11H2,1H3. The molecule has 0 atom stereocenters. The largest absolute Gasteiger partial charge is 0.504 e. The number of phenols is 1. The molecule has 1 rings (SSSR count). The number of nitrogens with two attached hydrogens (primary N) is 1. The molecule has 3 nitrogen and oxygen atoms in total. The Labute approximate surface area is 77.4 Å². The van der Waals surface area contributed by atoms with Gasteiger partial charge in [0, 0.05) is 12.1 Å². The molecule has 1 aromatic rings. The van der Waals surface area contributed by atoms with Crippen LogP contribution in [0.2, 0.25) is 0 Å². The number of rotatable bonds is 3. The number of ether oxygens (including phenoxy) is 1. The number of methoxy groups -OCH3 is 1. The van der Waals surface area contributed by atoms with Crippen molar-refractivity contribution in [3.05, 3.63) is 29.8 Å². The minimum Gasteiger partial charge on any atom is -0.504 e. The Morgan fingerprint density at radius 1 is 1.54 bits per heavy atom. The van der Waals surface area contributed by atoms with E-state index in [1.54, 1.807) is 24.3 Å². The van der Waals surface area contributed by atoms with Crippen LogP contribution in [-0.2, 0) is 0 Å². The average molecular weight is 179 g/mol. The average Bonchev–Trinajstić information content (AvgIpc) is 2.16. The Balaban J connectivity index is 3.01. The van der Waals surface area contributed by atoms with E-state index in [0.717, 1.165) is 0 Å². The van der Waals surface area contributed by atoms with Crippen LogP contribution in [0, 0.1) is 0 Å². The van der Waals surface area contributed by atoms with Gasteiger partial charge < -0.3 is 15.6 Å². The van der Waals surface area contributed by atoms with E-state index in [2.05, 4.69) is 0 Å². The smallest absolute Gasteiger partial charge is 0.165 e. The summed E-state index contributed by atoms with van der Waals surface area (Å²) >= 11 is 0. The molecule has 0 heterocycles. The second-order valence-corrected chi connectivity index (χ2v) is 2.54.